The van der Waals surface area contributed by atoms with E-state index in [1.165, 1.54) is 0 Å². The maximum absolute atomic E-state index is 13.1. The van der Waals surface area contributed by atoms with E-state index in [0.29, 0.717) is 31.6 Å². The Morgan fingerprint density at radius 2 is 1.74 bits per heavy atom. The SMILES string of the molecule is CNNC(=O)C(C)(CCCC(C)(C)CS(=O)(=O)CCO)c1cccc(OCc2ccccc2)c1. The average molecular weight is 491 g/mol. The molecule has 0 aliphatic heterocycles. The summed E-state index contributed by atoms with van der Waals surface area (Å²) in [6, 6.07) is 17.4. The van der Waals surface area contributed by atoms with Crippen molar-refractivity contribution in [2.75, 3.05) is 25.2 Å². The Morgan fingerprint density at radius 1 is 1.03 bits per heavy atom. The number of rotatable bonds is 14. The predicted octanol–water partition coefficient (Wildman–Crippen LogP) is 3.38. The van der Waals surface area contributed by atoms with Gasteiger partial charge in [0.1, 0.15) is 12.4 Å². The molecule has 0 aliphatic rings. The lowest BCUT2D eigenvalue weighted by molar-refractivity contribution is -0.127. The second-order valence-corrected chi connectivity index (χ2v) is 11.9. The van der Waals surface area contributed by atoms with Crippen molar-refractivity contribution in [3.63, 3.8) is 0 Å². The van der Waals surface area contributed by atoms with Gasteiger partial charge in [-0.3, -0.25) is 10.2 Å². The average Bonchev–Trinajstić information content (AvgIpc) is 2.77. The van der Waals surface area contributed by atoms with Crippen molar-refractivity contribution in [2.45, 2.75) is 52.1 Å². The van der Waals surface area contributed by atoms with Gasteiger partial charge >= 0.3 is 0 Å². The van der Waals surface area contributed by atoms with Crippen LogP contribution in [0.5, 0.6) is 5.75 Å². The zero-order valence-electron chi connectivity index (χ0n) is 20.6. The molecule has 0 radical (unpaired) electrons. The van der Waals surface area contributed by atoms with Gasteiger partial charge in [0, 0.05) is 7.05 Å². The molecule has 0 spiro atoms. The van der Waals surface area contributed by atoms with Gasteiger partial charge in [0.2, 0.25) is 5.91 Å². The number of ether oxygens (including phenoxy) is 1. The minimum Gasteiger partial charge on any atom is -0.489 e. The third kappa shape index (κ3) is 8.42. The van der Waals surface area contributed by atoms with E-state index in [2.05, 4.69) is 10.9 Å². The number of aliphatic hydroxyl groups excluding tert-OH is 1. The molecule has 1 unspecified atom stereocenters. The van der Waals surface area contributed by atoms with Crippen LogP contribution in [-0.2, 0) is 26.7 Å². The molecular weight excluding hydrogens is 452 g/mol. The minimum absolute atomic E-state index is 0.00278. The van der Waals surface area contributed by atoms with Crippen LogP contribution in [0, 0.1) is 5.41 Å². The molecule has 2 rings (SSSR count). The van der Waals surface area contributed by atoms with Crippen LogP contribution in [-0.4, -0.2) is 44.6 Å². The van der Waals surface area contributed by atoms with Crippen LogP contribution >= 0.6 is 0 Å². The highest BCUT2D eigenvalue weighted by Crippen LogP contribution is 2.35. The molecule has 0 saturated heterocycles. The molecule has 7 nitrogen and oxygen atoms in total. The van der Waals surface area contributed by atoms with Gasteiger partial charge in [-0.15, -0.1) is 0 Å². The first-order chi connectivity index (χ1) is 16.0. The molecule has 1 amide bonds. The molecule has 1 atom stereocenters. The van der Waals surface area contributed by atoms with E-state index >= 15 is 0 Å². The van der Waals surface area contributed by atoms with Crippen LogP contribution in [0.15, 0.2) is 54.6 Å². The van der Waals surface area contributed by atoms with Crippen LogP contribution in [0.1, 0.15) is 51.2 Å². The van der Waals surface area contributed by atoms with Crippen molar-refractivity contribution in [3.05, 3.63) is 65.7 Å². The van der Waals surface area contributed by atoms with Crippen molar-refractivity contribution in [1.82, 2.24) is 10.9 Å². The fourth-order valence-corrected chi connectivity index (χ4v) is 5.87. The van der Waals surface area contributed by atoms with Crippen molar-refractivity contribution in [3.8, 4) is 5.75 Å². The highest BCUT2D eigenvalue weighted by atomic mass is 32.2. The Kier molecular flexibility index (Phi) is 10.1. The van der Waals surface area contributed by atoms with E-state index in [1.807, 2.05) is 75.4 Å². The molecule has 0 aromatic heterocycles. The summed E-state index contributed by atoms with van der Waals surface area (Å²) in [5, 5.41) is 9.00. The molecule has 2 aromatic carbocycles. The van der Waals surface area contributed by atoms with Crippen LogP contribution in [0.3, 0.4) is 0 Å². The summed E-state index contributed by atoms with van der Waals surface area (Å²) in [6.45, 7) is 5.77. The summed E-state index contributed by atoms with van der Waals surface area (Å²) in [7, 11) is -1.68. The fraction of sp³-hybridized carbons (Fsp3) is 0.500. The molecule has 0 bridgehead atoms. The molecule has 8 heteroatoms. The van der Waals surface area contributed by atoms with Crippen molar-refractivity contribution >= 4 is 15.7 Å². The van der Waals surface area contributed by atoms with Crippen LogP contribution in [0.25, 0.3) is 0 Å². The van der Waals surface area contributed by atoms with Gasteiger partial charge in [0.25, 0.3) is 0 Å². The number of nitrogens with one attached hydrogen (secondary N) is 2. The van der Waals surface area contributed by atoms with Crippen LogP contribution in [0.4, 0.5) is 0 Å². The molecule has 0 fully saturated rings. The van der Waals surface area contributed by atoms with Crippen molar-refractivity contribution in [1.29, 1.82) is 0 Å². The van der Waals surface area contributed by atoms with E-state index in [4.69, 9.17) is 9.84 Å². The Balaban J connectivity index is 2.15. The number of aliphatic hydroxyl groups is 1. The molecule has 188 valence electrons. The predicted molar refractivity (Wildman–Crippen MR) is 135 cm³/mol. The van der Waals surface area contributed by atoms with Gasteiger partial charge in [-0.05, 0) is 48.4 Å². The summed E-state index contributed by atoms with van der Waals surface area (Å²) in [4.78, 5) is 13.1. The molecule has 0 saturated carbocycles. The van der Waals surface area contributed by atoms with Gasteiger partial charge in [0.05, 0.1) is 23.5 Å². The highest BCUT2D eigenvalue weighted by Gasteiger charge is 2.36. The van der Waals surface area contributed by atoms with Gasteiger partial charge in [-0.1, -0.05) is 62.7 Å². The monoisotopic (exact) mass is 490 g/mol. The Labute approximate surface area is 203 Å². The van der Waals surface area contributed by atoms with Gasteiger partial charge in [-0.25, -0.2) is 13.8 Å². The maximum Gasteiger partial charge on any atom is 0.244 e. The van der Waals surface area contributed by atoms with Gasteiger partial charge in [-0.2, -0.15) is 0 Å². The largest absolute Gasteiger partial charge is 0.489 e. The Bertz CT molecular complexity index is 1020. The van der Waals surface area contributed by atoms with E-state index in [0.717, 1.165) is 11.1 Å². The number of amides is 1. The second-order valence-electron chi connectivity index (χ2n) is 9.67. The number of hydrogen-bond acceptors (Lipinski definition) is 6. The highest BCUT2D eigenvalue weighted by molar-refractivity contribution is 7.91. The smallest absolute Gasteiger partial charge is 0.244 e. The van der Waals surface area contributed by atoms with E-state index in [9.17, 15) is 13.2 Å². The summed E-state index contributed by atoms with van der Waals surface area (Å²) in [5.41, 5.74) is 6.02. The molecule has 34 heavy (non-hydrogen) atoms. The van der Waals surface area contributed by atoms with Crippen molar-refractivity contribution in [2.24, 2.45) is 5.41 Å². The number of carbonyl (C=O) groups is 1. The van der Waals surface area contributed by atoms with Crippen LogP contribution in [0.2, 0.25) is 0 Å². The summed E-state index contributed by atoms with van der Waals surface area (Å²) in [6.07, 6.45) is 1.82. The zero-order chi connectivity index (χ0) is 25.2. The third-order valence-corrected chi connectivity index (χ3v) is 8.03. The minimum atomic E-state index is -3.32. The standard InChI is InChI=1S/C26H38N2O5S/c1-25(2,20-34(31,32)17-16-29)14-9-15-26(3,24(30)28-27-4)22-12-8-13-23(18-22)33-19-21-10-6-5-7-11-21/h5-8,10-13,18,27,29H,9,14-17,19-20H2,1-4H3,(H,28,30). The molecule has 2 aromatic rings. The number of benzene rings is 2. The zero-order valence-corrected chi connectivity index (χ0v) is 21.5. The maximum atomic E-state index is 13.1. The first-order valence-corrected chi connectivity index (χ1v) is 13.4. The number of hydrazine groups is 1. The first-order valence-electron chi connectivity index (χ1n) is 11.6. The Hall–Kier alpha value is -2.42. The normalized spacial score (nSPS) is 13.8. The quantitative estimate of drug-likeness (QED) is 0.351. The summed E-state index contributed by atoms with van der Waals surface area (Å²) < 4.78 is 30.3. The van der Waals surface area contributed by atoms with Crippen molar-refractivity contribution < 1.29 is 23.1 Å². The molecular formula is C26H38N2O5S. The third-order valence-electron chi connectivity index (χ3n) is 6.00. The summed E-state index contributed by atoms with van der Waals surface area (Å²) in [5.74, 6) is 0.290. The molecule has 0 aliphatic carbocycles. The molecule has 3 N–H and O–H groups in total. The fourth-order valence-electron chi connectivity index (χ4n) is 4.11. The summed E-state index contributed by atoms with van der Waals surface area (Å²) >= 11 is 0. The lowest BCUT2D eigenvalue weighted by atomic mass is 9.75. The number of carbonyl (C=O) groups excluding carboxylic acids is 1. The first kappa shape index (κ1) is 27.8. The van der Waals surface area contributed by atoms with Crippen LogP contribution < -0.4 is 15.6 Å². The lowest BCUT2D eigenvalue weighted by Gasteiger charge is -2.31. The number of hydrogen-bond donors (Lipinski definition) is 3. The van der Waals surface area contributed by atoms with E-state index in [1.54, 1.807) is 7.05 Å². The molecule has 0 heterocycles. The Morgan fingerprint density at radius 3 is 2.38 bits per heavy atom. The van der Waals surface area contributed by atoms with E-state index < -0.39 is 20.7 Å². The van der Waals surface area contributed by atoms with Gasteiger partial charge in [0.15, 0.2) is 9.84 Å². The lowest BCUT2D eigenvalue weighted by Crippen LogP contribution is -2.47. The van der Waals surface area contributed by atoms with Gasteiger partial charge < -0.3 is 9.84 Å². The topological polar surface area (TPSA) is 105 Å². The van der Waals surface area contributed by atoms with E-state index in [-0.39, 0.29) is 24.0 Å². The number of sulfone groups is 1. The second kappa shape index (κ2) is 12.3.